The van der Waals surface area contributed by atoms with E-state index >= 15 is 0 Å². The monoisotopic (exact) mass is 420 g/mol. The van der Waals surface area contributed by atoms with Crippen molar-refractivity contribution >= 4 is 23.7 Å². The van der Waals surface area contributed by atoms with Gasteiger partial charge in [0, 0.05) is 26.1 Å². The summed E-state index contributed by atoms with van der Waals surface area (Å²) in [6, 6.07) is 14.7. The molecule has 1 atom stereocenters. The van der Waals surface area contributed by atoms with Crippen molar-refractivity contribution in [1.29, 1.82) is 0 Å². The number of ether oxygens (including phenoxy) is 1. The first-order chi connectivity index (χ1) is 15.0. The van der Waals surface area contributed by atoms with Crippen LogP contribution in [0, 0.1) is 0 Å². The standard InChI is InChI=1S/C24H24N2O5/c1-16(22(28)25-14-12-17-7-2-3-8-18(17)15-25)31-21(27)11-6-13-26-23(29)19-9-4-5-10-20(19)24(26)30/h2-5,7-10,16H,6,11-15H2,1H3/t16-/m1/s1. The molecule has 31 heavy (non-hydrogen) atoms. The van der Waals surface area contributed by atoms with Gasteiger partial charge in [0.05, 0.1) is 11.1 Å². The summed E-state index contributed by atoms with van der Waals surface area (Å²) in [5, 5.41) is 0. The van der Waals surface area contributed by atoms with Gasteiger partial charge in [-0.25, -0.2) is 0 Å². The fourth-order valence-corrected chi connectivity index (χ4v) is 4.07. The number of rotatable bonds is 6. The molecule has 0 N–H and O–H groups in total. The van der Waals surface area contributed by atoms with Crippen molar-refractivity contribution in [3.8, 4) is 0 Å². The van der Waals surface area contributed by atoms with Gasteiger partial charge in [-0.05, 0) is 43.0 Å². The second kappa shape index (κ2) is 8.71. The lowest BCUT2D eigenvalue weighted by atomic mass is 9.99. The van der Waals surface area contributed by atoms with Gasteiger partial charge in [-0.1, -0.05) is 36.4 Å². The van der Waals surface area contributed by atoms with E-state index in [0.717, 1.165) is 16.9 Å². The molecule has 0 saturated carbocycles. The molecule has 0 fully saturated rings. The Morgan fingerprint density at radius 1 is 0.968 bits per heavy atom. The number of fused-ring (bicyclic) bond motifs is 2. The third-order valence-corrected chi connectivity index (χ3v) is 5.74. The molecule has 160 valence electrons. The predicted octanol–water partition coefficient (Wildman–Crippen LogP) is 2.58. The number of nitrogens with zero attached hydrogens (tertiary/aromatic N) is 2. The highest BCUT2D eigenvalue weighted by Crippen LogP contribution is 2.23. The van der Waals surface area contributed by atoms with Crippen LogP contribution in [0.1, 0.15) is 51.6 Å². The van der Waals surface area contributed by atoms with Crippen molar-refractivity contribution in [2.24, 2.45) is 0 Å². The van der Waals surface area contributed by atoms with Gasteiger partial charge in [-0.15, -0.1) is 0 Å². The normalized spacial score (nSPS) is 16.0. The molecular weight excluding hydrogens is 396 g/mol. The topological polar surface area (TPSA) is 84.0 Å². The minimum absolute atomic E-state index is 0.0217. The predicted molar refractivity (Wildman–Crippen MR) is 112 cm³/mol. The summed E-state index contributed by atoms with van der Waals surface area (Å²) in [5.41, 5.74) is 3.13. The molecule has 0 saturated heterocycles. The van der Waals surface area contributed by atoms with Crippen molar-refractivity contribution in [3.63, 3.8) is 0 Å². The second-order valence-corrected chi connectivity index (χ2v) is 7.82. The summed E-state index contributed by atoms with van der Waals surface area (Å²) in [7, 11) is 0. The van der Waals surface area contributed by atoms with E-state index in [2.05, 4.69) is 6.07 Å². The molecule has 7 heteroatoms. The summed E-state index contributed by atoms with van der Waals surface area (Å²) in [6.07, 6.45) is 0.205. The van der Waals surface area contributed by atoms with Gasteiger partial charge in [-0.3, -0.25) is 24.1 Å². The van der Waals surface area contributed by atoms with Gasteiger partial charge in [0.1, 0.15) is 0 Å². The Balaban J connectivity index is 1.24. The Morgan fingerprint density at radius 2 is 1.58 bits per heavy atom. The molecule has 2 aromatic rings. The highest BCUT2D eigenvalue weighted by atomic mass is 16.5. The largest absolute Gasteiger partial charge is 0.453 e. The Hall–Kier alpha value is -3.48. The first-order valence-electron chi connectivity index (χ1n) is 10.5. The maximum absolute atomic E-state index is 12.7. The molecule has 2 heterocycles. The fraction of sp³-hybridized carbons (Fsp3) is 0.333. The number of carbonyl (C=O) groups excluding carboxylic acids is 4. The lowest BCUT2D eigenvalue weighted by molar-refractivity contribution is -0.159. The molecule has 2 aromatic carbocycles. The minimum Gasteiger partial charge on any atom is -0.453 e. The average molecular weight is 420 g/mol. The number of hydrogen-bond donors (Lipinski definition) is 0. The third kappa shape index (κ3) is 4.21. The van der Waals surface area contributed by atoms with Crippen LogP contribution in [0.15, 0.2) is 48.5 Å². The molecule has 0 aromatic heterocycles. The number of amides is 3. The first kappa shape index (κ1) is 20.8. The zero-order chi connectivity index (χ0) is 22.0. The summed E-state index contributed by atoms with van der Waals surface area (Å²) in [4.78, 5) is 52.5. The lowest BCUT2D eigenvalue weighted by Gasteiger charge is -2.30. The van der Waals surface area contributed by atoms with E-state index in [9.17, 15) is 19.2 Å². The molecule has 4 rings (SSSR count). The van der Waals surface area contributed by atoms with E-state index in [4.69, 9.17) is 4.74 Å². The Morgan fingerprint density at radius 3 is 2.26 bits per heavy atom. The molecule has 0 spiro atoms. The molecule has 7 nitrogen and oxygen atoms in total. The zero-order valence-electron chi connectivity index (χ0n) is 17.4. The lowest BCUT2D eigenvalue weighted by Crippen LogP contribution is -2.42. The van der Waals surface area contributed by atoms with E-state index < -0.39 is 12.1 Å². The van der Waals surface area contributed by atoms with Crippen LogP contribution < -0.4 is 0 Å². The number of imide groups is 1. The number of hydrogen-bond acceptors (Lipinski definition) is 5. The number of benzene rings is 2. The zero-order valence-corrected chi connectivity index (χ0v) is 17.4. The van der Waals surface area contributed by atoms with Gasteiger partial charge >= 0.3 is 5.97 Å². The molecule has 0 bridgehead atoms. The van der Waals surface area contributed by atoms with Crippen molar-refractivity contribution in [2.45, 2.75) is 38.8 Å². The average Bonchev–Trinajstić information content (AvgIpc) is 3.03. The van der Waals surface area contributed by atoms with Crippen molar-refractivity contribution in [1.82, 2.24) is 9.80 Å². The molecule has 3 amide bonds. The van der Waals surface area contributed by atoms with E-state index in [-0.39, 0.29) is 37.1 Å². The molecule has 0 aliphatic carbocycles. The Labute approximate surface area is 180 Å². The number of carbonyl (C=O) groups is 4. The summed E-state index contributed by atoms with van der Waals surface area (Å²) >= 11 is 0. The van der Waals surface area contributed by atoms with Gasteiger partial charge in [-0.2, -0.15) is 0 Å². The van der Waals surface area contributed by atoms with Crippen LogP contribution in [0.3, 0.4) is 0 Å². The molecule has 0 radical (unpaired) electrons. The van der Waals surface area contributed by atoms with Crippen molar-refractivity contribution in [3.05, 3.63) is 70.8 Å². The molecule has 0 unspecified atom stereocenters. The summed E-state index contributed by atoms with van der Waals surface area (Å²) < 4.78 is 5.32. The molecule has 2 aliphatic rings. The first-order valence-corrected chi connectivity index (χ1v) is 10.5. The van der Waals surface area contributed by atoms with Crippen LogP contribution in [0.4, 0.5) is 0 Å². The van der Waals surface area contributed by atoms with E-state index in [0.29, 0.717) is 24.2 Å². The van der Waals surface area contributed by atoms with Gasteiger partial charge in [0.15, 0.2) is 6.10 Å². The van der Waals surface area contributed by atoms with Crippen LogP contribution in [-0.4, -0.2) is 52.7 Å². The quantitative estimate of drug-likeness (QED) is 0.530. The van der Waals surface area contributed by atoms with Crippen LogP contribution in [-0.2, 0) is 27.3 Å². The number of esters is 1. The van der Waals surface area contributed by atoms with Gasteiger partial charge < -0.3 is 9.64 Å². The maximum Gasteiger partial charge on any atom is 0.306 e. The highest BCUT2D eigenvalue weighted by molar-refractivity contribution is 6.21. The van der Waals surface area contributed by atoms with E-state index in [1.54, 1.807) is 36.1 Å². The SMILES string of the molecule is C[C@@H](OC(=O)CCCN1C(=O)c2ccccc2C1=O)C(=O)N1CCc2ccccc2C1. The summed E-state index contributed by atoms with van der Waals surface area (Å²) in [5.74, 6) is -1.43. The van der Waals surface area contributed by atoms with Crippen LogP contribution in [0.5, 0.6) is 0 Å². The maximum atomic E-state index is 12.7. The Kier molecular flexibility index (Phi) is 5.84. The third-order valence-electron chi connectivity index (χ3n) is 5.74. The van der Waals surface area contributed by atoms with E-state index in [1.165, 1.54) is 5.56 Å². The van der Waals surface area contributed by atoms with Gasteiger partial charge in [0.25, 0.3) is 17.7 Å². The molecular formula is C24H24N2O5. The van der Waals surface area contributed by atoms with Crippen LogP contribution in [0.2, 0.25) is 0 Å². The van der Waals surface area contributed by atoms with Crippen LogP contribution in [0.25, 0.3) is 0 Å². The van der Waals surface area contributed by atoms with E-state index in [1.807, 2.05) is 18.2 Å². The van der Waals surface area contributed by atoms with Crippen LogP contribution >= 0.6 is 0 Å². The minimum atomic E-state index is -0.878. The van der Waals surface area contributed by atoms with Crippen molar-refractivity contribution < 1.29 is 23.9 Å². The van der Waals surface area contributed by atoms with Crippen molar-refractivity contribution in [2.75, 3.05) is 13.1 Å². The van der Waals surface area contributed by atoms with Gasteiger partial charge in [0.2, 0.25) is 0 Å². The Bertz CT molecular complexity index is 1010. The summed E-state index contributed by atoms with van der Waals surface area (Å²) in [6.45, 7) is 2.81. The highest BCUT2D eigenvalue weighted by Gasteiger charge is 2.34. The second-order valence-electron chi connectivity index (χ2n) is 7.82. The fourth-order valence-electron chi connectivity index (χ4n) is 4.07. The molecule has 2 aliphatic heterocycles. The smallest absolute Gasteiger partial charge is 0.306 e.